The van der Waals surface area contributed by atoms with Crippen LogP contribution in [0.15, 0.2) is 11.0 Å². The monoisotopic (exact) mass is 320 g/mol. The minimum atomic E-state index is -1.37. The van der Waals surface area contributed by atoms with Crippen molar-refractivity contribution in [3.8, 4) is 0 Å². The number of nitrogens with zero attached hydrogens (tertiary/aromatic N) is 3. The number of rotatable bonds is 8. The van der Waals surface area contributed by atoms with Crippen LogP contribution in [0.4, 0.5) is 5.69 Å². The van der Waals surface area contributed by atoms with Gasteiger partial charge in [-0.15, -0.1) is 0 Å². The highest BCUT2D eigenvalue weighted by molar-refractivity contribution is 6.32. The van der Waals surface area contributed by atoms with E-state index in [0.29, 0.717) is 13.1 Å². The lowest BCUT2D eigenvalue weighted by atomic mass is 10.0. The van der Waals surface area contributed by atoms with Gasteiger partial charge in [0.15, 0.2) is 0 Å². The van der Waals surface area contributed by atoms with E-state index in [4.69, 9.17) is 11.6 Å². The Morgan fingerprint density at radius 2 is 1.90 bits per heavy atom. The van der Waals surface area contributed by atoms with Gasteiger partial charge in [-0.25, -0.2) is 4.68 Å². The number of hydrogen-bond acceptors (Lipinski definition) is 7. The van der Waals surface area contributed by atoms with Gasteiger partial charge < -0.3 is 25.5 Å². The molecule has 1 heterocycles. The topological polar surface area (TPSA) is 111 Å². The molecule has 8 nitrogen and oxygen atoms in total. The molecule has 21 heavy (non-hydrogen) atoms. The van der Waals surface area contributed by atoms with Crippen molar-refractivity contribution in [3.05, 3.63) is 21.6 Å². The molecular weight excluding hydrogens is 300 g/mol. The van der Waals surface area contributed by atoms with Gasteiger partial charge in [-0.1, -0.05) is 11.6 Å². The lowest BCUT2D eigenvalue weighted by Gasteiger charge is -2.30. The van der Waals surface area contributed by atoms with Gasteiger partial charge in [0.05, 0.1) is 38.2 Å². The summed E-state index contributed by atoms with van der Waals surface area (Å²) in [5.41, 5.74) is -1.70. The smallest absolute Gasteiger partial charge is 0.287 e. The first-order valence-electron chi connectivity index (χ1n) is 6.40. The predicted octanol–water partition coefficient (Wildman–Crippen LogP) is -1.41. The second-order valence-electron chi connectivity index (χ2n) is 5.08. The molecule has 1 rings (SSSR count). The number of likely N-dealkylation sites (N-methyl/N-ethyl adjacent to an activating group) is 1. The highest BCUT2D eigenvalue weighted by Gasteiger charge is 2.29. The highest BCUT2D eigenvalue weighted by Crippen LogP contribution is 2.20. The summed E-state index contributed by atoms with van der Waals surface area (Å²) in [4.78, 5) is 14.0. The first-order chi connectivity index (χ1) is 9.89. The molecular formula is C12H21ClN4O4. The molecule has 4 N–H and O–H groups in total. The summed E-state index contributed by atoms with van der Waals surface area (Å²) in [7, 11) is 3.75. The van der Waals surface area contributed by atoms with E-state index in [2.05, 4.69) is 10.4 Å². The number of aliphatic hydroxyl groups is 3. The third kappa shape index (κ3) is 4.39. The van der Waals surface area contributed by atoms with Crippen LogP contribution in [0.5, 0.6) is 0 Å². The average Bonchev–Trinajstić information content (AvgIpc) is 2.48. The maximum atomic E-state index is 12.1. The molecule has 9 heteroatoms. The SMILES string of the molecule is CN(C)CCn1ncc(NC(CO)(CO)CO)c(Cl)c1=O. The van der Waals surface area contributed by atoms with E-state index < -0.39 is 30.9 Å². The Kier molecular flexibility index (Phi) is 6.56. The van der Waals surface area contributed by atoms with E-state index in [-0.39, 0.29) is 10.7 Å². The van der Waals surface area contributed by atoms with Crippen molar-refractivity contribution in [2.24, 2.45) is 0 Å². The molecule has 0 unspecified atom stereocenters. The fourth-order valence-electron chi connectivity index (χ4n) is 1.56. The van der Waals surface area contributed by atoms with Gasteiger partial charge in [0.2, 0.25) is 0 Å². The average molecular weight is 321 g/mol. The molecule has 0 spiro atoms. The Hall–Kier alpha value is -1.19. The van der Waals surface area contributed by atoms with Crippen molar-refractivity contribution in [2.45, 2.75) is 12.1 Å². The number of aromatic nitrogens is 2. The number of halogens is 1. The van der Waals surface area contributed by atoms with Gasteiger partial charge in [-0.3, -0.25) is 4.79 Å². The van der Waals surface area contributed by atoms with Crippen molar-refractivity contribution >= 4 is 17.3 Å². The van der Waals surface area contributed by atoms with Crippen LogP contribution < -0.4 is 10.9 Å². The number of hydrogen-bond donors (Lipinski definition) is 4. The van der Waals surface area contributed by atoms with Crippen LogP contribution in [0, 0.1) is 0 Å². The molecule has 0 saturated carbocycles. The van der Waals surface area contributed by atoms with Crippen LogP contribution in [-0.4, -0.2) is 76.0 Å². The Morgan fingerprint density at radius 1 is 1.33 bits per heavy atom. The molecule has 120 valence electrons. The van der Waals surface area contributed by atoms with Crippen molar-refractivity contribution in [1.82, 2.24) is 14.7 Å². The zero-order valence-corrected chi connectivity index (χ0v) is 12.8. The summed E-state index contributed by atoms with van der Waals surface area (Å²) in [6.07, 6.45) is 1.33. The zero-order chi connectivity index (χ0) is 16.0. The third-order valence-corrected chi connectivity index (χ3v) is 3.42. The Bertz CT molecular complexity index is 508. The normalized spacial score (nSPS) is 12.0. The molecule has 0 aliphatic heterocycles. The molecule has 0 radical (unpaired) electrons. The largest absolute Gasteiger partial charge is 0.394 e. The lowest BCUT2D eigenvalue weighted by Crippen LogP contribution is -2.49. The van der Waals surface area contributed by atoms with Crippen molar-refractivity contribution in [1.29, 1.82) is 0 Å². The minimum absolute atomic E-state index is 0.108. The maximum Gasteiger partial charge on any atom is 0.287 e. The number of nitrogens with one attached hydrogen (secondary N) is 1. The summed E-state index contributed by atoms with van der Waals surface area (Å²) in [5.74, 6) is 0. The van der Waals surface area contributed by atoms with Crippen LogP contribution in [0.3, 0.4) is 0 Å². The van der Waals surface area contributed by atoms with Crippen molar-refractivity contribution < 1.29 is 15.3 Å². The van der Waals surface area contributed by atoms with E-state index in [1.165, 1.54) is 10.9 Å². The van der Waals surface area contributed by atoms with Gasteiger partial charge in [-0.05, 0) is 14.1 Å². The second-order valence-corrected chi connectivity index (χ2v) is 5.46. The molecule has 0 aliphatic rings. The summed E-state index contributed by atoms with van der Waals surface area (Å²) < 4.78 is 1.23. The van der Waals surface area contributed by atoms with E-state index >= 15 is 0 Å². The van der Waals surface area contributed by atoms with Crippen LogP contribution >= 0.6 is 11.6 Å². The van der Waals surface area contributed by atoms with Crippen LogP contribution in [-0.2, 0) is 6.54 Å². The van der Waals surface area contributed by atoms with E-state index in [9.17, 15) is 20.1 Å². The molecule has 0 aromatic carbocycles. The quantitative estimate of drug-likeness (QED) is 0.465. The van der Waals surface area contributed by atoms with E-state index in [1.54, 1.807) is 0 Å². The Labute approximate surface area is 127 Å². The van der Waals surface area contributed by atoms with Gasteiger partial charge >= 0.3 is 0 Å². The summed E-state index contributed by atoms with van der Waals surface area (Å²) in [6, 6.07) is 0. The second kappa shape index (κ2) is 7.71. The third-order valence-electron chi connectivity index (χ3n) is 3.05. The molecule has 0 fully saturated rings. The summed E-state index contributed by atoms with van der Waals surface area (Å²) in [6.45, 7) is -0.568. The molecule has 0 bridgehead atoms. The predicted molar refractivity (Wildman–Crippen MR) is 79.7 cm³/mol. The lowest BCUT2D eigenvalue weighted by molar-refractivity contribution is 0.0833. The standard InChI is InChI=1S/C12H21ClN4O4/c1-16(2)3-4-17-11(21)10(13)9(5-14-17)15-12(6-18,7-19)8-20/h5,15,18-20H,3-4,6-8H2,1-2H3. The van der Waals surface area contributed by atoms with Crippen molar-refractivity contribution in [3.63, 3.8) is 0 Å². The van der Waals surface area contributed by atoms with Crippen LogP contribution in [0.25, 0.3) is 0 Å². The fourth-order valence-corrected chi connectivity index (χ4v) is 1.75. The fraction of sp³-hybridized carbons (Fsp3) is 0.667. The zero-order valence-electron chi connectivity index (χ0n) is 12.1. The van der Waals surface area contributed by atoms with E-state index in [1.807, 2.05) is 19.0 Å². The van der Waals surface area contributed by atoms with E-state index in [0.717, 1.165) is 0 Å². The molecule has 1 aromatic rings. The molecule has 0 aliphatic carbocycles. The molecule has 0 atom stereocenters. The Morgan fingerprint density at radius 3 is 2.38 bits per heavy atom. The highest BCUT2D eigenvalue weighted by atomic mass is 35.5. The van der Waals surface area contributed by atoms with Gasteiger partial charge in [0, 0.05) is 6.54 Å². The Balaban J connectivity index is 3.01. The minimum Gasteiger partial charge on any atom is -0.394 e. The summed E-state index contributed by atoms with van der Waals surface area (Å²) >= 11 is 6.00. The number of anilines is 1. The molecule has 0 amide bonds. The van der Waals surface area contributed by atoms with Crippen molar-refractivity contribution in [2.75, 3.05) is 45.8 Å². The van der Waals surface area contributed by atoms with Gasteiger partial charge in [0.1, 0.15) is 10.6 Å². The maximum absolute atomic E-state index is 12.1. The van der Waals surface area contributed by atoms with Gasteiger partial charge in [0.25, 0.3) is 5.56 Å². The van der Waals surface area contributed by atoms with Gasteiger partial charge in [-0.2, -0.15) is 5.10 Å². The first-order valence-corrected chi connectivity index (χ1v) is 6.78. The number of aliphatic hydroxyl groups excluding tert-OH is 3. The first kappa shape index (κ1) is 17.9. The molecule has 1 aromatic heterocycles. The molecule has 0 saturated heterocycles. The van der Waals surface area contributed by atoms with Crippen LogP contribution in [0.2, 0.25) is 5.02 Å². The summed E-state index contributed by atoms with van der Waals surface area (Å²) in [5, 5.41) is 34.3. The van der Waals surface area contributed by atoms with Crippen LogP contribution in [0.1, 0.15) is 0 Å².